The van der Waals surface area contributed by atoms with Crippen LogP contribution in [0.2, 0.25) is 0 Å². The van der Waals surface area contributed by atoms with Crippen molar-refractivity contribution in [2.24, 2.45) is 5.92 Å². The van der Waals surface area contributed by atoms with E-state index < -0.39 is 12.8 Å². The highest BCUT2D eigenvalue weighted by Crippen LogP contribution is 2.18. The monoisotopic (exact) mass is 273 g/mol. The molecule has 0 N–H and O–H groups in total. The summed E-state index contributed by atoms with van der Waals surface area (Å²) in [5.41, 5.74) is 0. The van der Waals surface area contributed by atoms with E-state index in [1.807, 2.05) is 0 Å². The van der Waals surface area contributed by atoms with E-state index >= 15 is 0 Å². The van der Waals surface area contributed by atoms with Gasteiger partial charge in [-0.1, -0.05) is 0 Å². The lowest BCUT2D eigenvalue weighted by Crippen LogP contribution is -2.37. The highest BCUT2D eigenvalue weighted by atomic mass is 35.5. The molecular weight excluding hydrogens is 255 g/mol. The summed E-state index contributed by atoms with van der Waals surface area (Å²) in [7, 11) is 0. The van der Waals surface area contributed by atoms with E-state index in [1.165, 1.54) is 0 Å². The minimum Gasteiger partial charge on any atom is -0.372 e. The first-order valence-electron chi connectivity index (χ1n) is 5.94. The van der Waals surface area contributed by atoms with Crippen molar-refractivity contribution in [3.63, 3.8) is 0 Å². The van der Waals surface area contributed by atoms with Crippen molar-refractivity contribution in [1.82, 2.24) is 4.90 Å². The Balaban J connectivity index is 2.02. The SMILES string of the molecule is FC(F)(F)COCCCN1CCCC(CCl)C1. The second-order valence-corrected chi connectivity index (χ2v) is 4.79. The smallest absolute Gasteiger partial charge is 0.372 e. The van der Waals surface area contributed by atoms with E-state index in [1.54, 1.807) is 0 Å². The summed E-state index contributed by atoms with van der Waals surface area (Å²) in [5.74, 6) is 1.20. The van der Waals surface area contributed by atoms with Crippen LogP contribution in [0.1, 0.15) is 19.3 Å². The molecule has 0 aromatic rings. The number of nitrogens with zero attached hydrogens (tertiary/aromatic N) is 1. The van der Waals surface area contributed by atoms with Gasteiger partial charge in [-0.25, -0.2) is 0 Å². The van der Waals surface area contributed by atoms with Gasteiger partial charge in [0.2, 0.25) is 0 Å². The Morgan fingerprint density at radius 1 is 1.35 bits per heavy atom. The molecule has 1 fully saturated rings. The van der Waals surface area contributed by atoms with Gasteiger partial charge in [-0.3, -0.25) is 0 Å². The summed E-state index contributed by atoms with van der Waals surface area (Å²) >= 11 is 5.80. The zero-order chi connectivity index (χ0) is 12.7. The number of ether oxygens (including phenoxy) is 1. The second kappa shape index (κ2) is 7.44. The molecule has 17 heavy (non-hydrogen) atoms. The van der Waals surface area contributed by atoms with Crippen molar-refractivity contribution in [2.45, 2.75) is 25.4 Å². The lowest BCUT2D eigenvalue weighted by molar-refractivity contribution is -0.174. The number of rotatable bonds is 6. The largest absolute Gasteiger partial charge is 0.411 e. The van der Waals surface area contributed by atoms with Crippen LogP contribution in [0.25, 0.3) is 0 Å². The Bertz CT molecular complexity index is 213. The van der Waals surface area contributed by atoms with E-state index in [4.69, 9.17) is 11.6 Å². The number of halogens is 4. The molecule has 0 aromatic heterocycles. The predicted molar refractivity (Wildman–Crippen MR) is 61.4 cm³/mol. The van der Waals surface area contributed by atoms with Crippen molar-refractivity contribution in [1.29, 1.82) is 0 Å². The third-order valence-electron chi connectivity index (χ3n) is 2.85. The molecule has 1 saturated heterocycles. The predicted octanol–water partition coefficient (Wildman–Crippen LogP) is 2.91. The zero-order valence-corrected chi connectivity index (χ0v) is 10.6. The molecule has 1 aliphatic heterocycles. The molecule has 102 valence electrons. The first-order valence-corrected chi connectivity index (χ1v) is 6.47. The fourth-order valence-corrected chi connectivity index (χ4v) is 2.31. The Kier molecular flexibility index (Phi) is 6.59. The Morgan fingerprint density at radius 3 is 2.76 bits per heavy atom. The Morgan fingerprint density at radius 2 is 2.12 bits per heavy atom. The summed E-state index contributed by atoms with van der Waals surface area (Å²) in [6, 6.07) is 0. The number of piperidine rings is 1. The first-order chi connectivity index (χ1) is 8.01. The molecule has 1 atom stereocenters. The normalized spacial score (nSPS) is 22.9. The molecule has 6 heteroatoms. The maximum atomic E-state index is 11.8. The van der Waals surface area contributed by atoms with Crippen LogP contribution >= 0.6 is 11.6 Å². The van der Waals surface area contributed by atoms with E-state index in [2.05, 4.69) is 9.64 Å². The van der Waals surface area contributed by atoms with Crippen LogP contribution in [0.5, 0.6) is 0 Å². The van der Waals surface area contributed by atoms with Gasteiger partial charge in [0.05, 0.1) is 0 Å². The maximum Gasteiger partial charge on any atom is 0.411 e. The third kappa shape index (κ3) is 7.11. The lowest BCUT2D eigenvalue weighted by atomic mass is 10.00. The maximum absolute atomic E-state index is 11.8. The van der Waals surface area contributed by atoms with Gasteiger partial charge in [0.1, 0.15) is 6.61 Å². The summed E-state index contributed by atoms with van der Waals surface area (Å²) in [6.45, 7) is 1.81. The summed E-state index contributed by atoms with van der Waals surface area (Å²) in [4.78, 5) is 2.26. The average Bonchev–Trinajstić information content (AvgIpc) is 2.27. The lowest BCUT2D eigenvalue weighted by Gasteiger charge is -2.31. The second-order valence-electron chi connectivity index (χ2n) is 4.48. The van der Waals surface area contributed by atoms with Gasteiger partial charge < -0.3 is 9.64 Å². The minimum absolute atomic E-state index is 0.168. The zero-order valence-electron chi connectivity index (χ0n) is 9.81. The van der Waals surface area contributed by atoms with Crippen molar-refractivity contribution < 1.29 is 17.9 Å². The van der Waals surface area contributed by atoms with Gasteiger partial charge in [-0.2, -0.15) is 13.2 Å². The van der Waals surface area contributed by atoms with E-state index in [0.717, 1.165) is 32.5 Å². The van der Waals surface area contributed by atoms with Crippen LogP contribution in [0, 0.1) is 5.92 Å². The first kappa shape index (κ1) is 15.1. The molecule has 0 saturated carbocycles. The quantitative estimate of drug-likeness (QED) is 0.545. The van der Waals surface area contributed by atoms with Gasteiger partial charge in [0.25, 0.3) is 0 Å². The molecule has 0 radical (unpaired) electrons. The number of likely N-dealkylation sites (tertiary alicyclic amines) is 1. The molecule has 2 nitrogen and oxygen atoms in total. The molecule has 1 aliphatic rings. The van der Waals surface area contributed by atoms with Crippen LogP contribution in [-0.2, 0) is 4.74 Å². The molecule has 0 spiro atoms. The number of hydrogen-bond donors (Lipinski definition) is 0. The van der Waals surface area contributed by atoms with Crippen molar-refractivity contribution >= 4 is 11.6 Å². The fraction of sp³-hybridized carbons (Fsp3) is 1.00. The fourth-order valence-electron chi connectivity index (χ4n) is 2.06. The summed E-state index contributed by atoms with van der Waals surface area (Å²) < 4.78 is 39.9. The molecule has 0 bridgehead atoms. The highest BCUT2D eigenvalue weighted by molar-refractivity contribution is 6.18. The van der Waals surface area contributed by atoms with Crippen molar-refractivity contribution in [3.8, 4) is 0 Å². The van der Waals surface area contributed by atoms with Gasteiger partial charge in [-0.15, -0.1) is 11.6 Å². The van der Waals surface area contributed by atoms with E-state index in [-0.39, 0.29) is 6.61 Å². The van der Waals surface area contributed by atoms with Crippen LogP contribution < -0.4 is 0 Å². The van der Waals surface area contributed by atoms with Crippen LogP contribution in [0.15, 0.2) is 0 Å². The Labute approximate surface area is 105 Å². The molecule has 0 aliphatic carbocycles. The third-order valence-corrected chi connectivity index (χ3v) is 3.29. The molecule has 1 rings (SSSR count). The van der Waals surface area contributed by atoms with Gasteiger partial charge in [0.15, 0.2) is 0 Å². The number of hydrogen-bond acceptors (Lipinski definition) is 2. The Hall–Kier alpha value is 0. The summed E-state index contributed by atoms with van der Waals surface area (Å²) in [5, 5.41) is 0. The molecule has 0 amide bonds. The van der Waals surface area contributed by atoms with Crippen molar-refractivity contribution in [3.05, 3.63) is 0 Å². The van der Waals surface area contributed by atoms with E-state index in [9.17, 15) is 13.2 Å². The topological polar surface area (TPSA) is 12.5 Å². The van der Waals surface area contributed by atoms with Gasteiger partial charge in [-0.05, 0) is 31.7 Å². The summed E-state index contributed by atoms with van der Waals surface area (Å²) in [6.07, 6.45) is -1.29. The molecule has 1 heterocycles. The molecular formula is C11H19ClF3NO. The minimum atomic E-state index is -4.21. The molecule has 0 aromatic carbocycles. The average molecular weight is 274 g/mol. The van der Waals surface area contributed by atoms with E-state index in [0.29, 0.717) is 18.2 Å². The van der Waals surface area contributed by atoms with Gasteiger partial charge in [0, 0.05) is 25.6 Å². The van der Waals surface area contributed by atoms with Crippen LogP contribution in [0.3, 0.4) is 0 Å². The van der Waals surface area contributed by atoms with Crippen molar-refractivity contribution in [2.75, 3.05) is 38.7 Å². The highest BCUT2D eigenvalue weighted by Gasteiger charge is 2.27. The number of alkyl halides is 4. The van der Waals surface area contributed by atoms with Gasteiger partial charge >= 0.3 is 6.18 Å². The standard InChI is InChI=1S/C11H19ClF3NO/c12-7-10-3-1-4-16(8-10)5-2-6-17-9-11(13,14)15/h10H,1-9H2. The van der Waals surface area contributed by atoms with Crippen LogP contribution in [-0.4, -0.2) is 49.8 Å². The van der Waals surface area contributed by atoms with Crippen LogP contribution in [0.4, 0.5) is 13.2 Å². The molecule has 1 unspecified atom stereocenters.